The lowest BCUT2D eigenvalue weighted by molar-refractivity contribution is -0.119. The summed E-state index contributed by atoms with van der Waals surface area (Å²) in [5, 5.41) is 2.46. The third kappa shape index (κ3) is 5.77. The van der Waals surface area contributed by atoms with Crippen LogP contribution in [0.15, 0.2) is 77.7 Å². The van der Waals surface area contributed by atoms with Crippen molar-refractivity contribution in [2.45, 2.75) is 18.4 Å². The predicted molar refractivity (Wildman–Crippen MR) is 122 cm³/mol. The number of hydrogen-bond donors (Lipinski definition) is 1. The number of nitrogens with zero attached hydrogens (tertiary/aromatic N) is 1. The van der Waals surface area contributed by atoms with Crippen molar-refractivity contribution in [2.75, 3.05) is 17.5 Å². The first-order valence-corrected chi connectivity index (χ1v) is 11.6. The minimum absolute atomic E-state index is 0.000222. The van der Waals surface area contributed by atoms with E-state index in [0.717, 1.165) is 21.7 Å². The highest BCUT2D eigenvalue weighted by molar-refractivity contribution is 7.92. The Morgan fingerprint density at radius 1 is 1.06 bits per heavy atom. The van der Waals surface area contributed by atoms with Gasteiger partial charge in [-0.3, -0.25) is 9.10 Å². The zero-order chi connectivity index (χ0) is 23.1. The summed E-state index contributed by atoms with van der Waals surface area (Å²) in [7, 11) is -4.10. The number of benzene rings is 3. The molecule has 0 heterocycles. The standard InChI is InChI=1S/C23H22ClFN2O4S/c1-2-31-19-11-8-17(9-12-19)15-26-23(28)16-27(18-10-13-22(25)21(24)14-18)32(29,30)20-6-4-3-5-7-20/h3-14H,2,15-16H2,1H3,(H,26,28). The lowest BCUT2D eigenvalue weighted by Crippen LogP contribution is -2.40. The second-order valence-electron chi connectivity index (χ2n) is 6.78. The number of carbonyl (C=O) groups is 1. The number of sulfonamides is 1. The van der Waals surface area contributed by atoms with Crippen LogP contribution in [0.2, 0.25) is 5.02 Å². The molecule has 0 atom stereocenters. The fourth-order valence-corrected chi connectivity index (χ4v) is 4.54. The topological polar surface area (TPSA) is 75.7 Å². The molecule has 3 aromatic rings. The Bertz CT molecular complexity index is 1170. The number of nitrogens with one attached hydrogen (secondary N) is 1. The van der Waals surface area contributed by atoms with Crippen LogP contribution in [0.5, 0.6) is 5.75 Å². The van der Waals surface area contributed by atoms with E-state index in [1.165, 1.54) is 24.3 Å². The fourth-order valence-electron chi connectivity index (χ4n) is 2.93. The third-order valence-corrected chi connectivity index (χ3v) is 6.61. The Balaban J connectivity index is 1.80. The Kier molecular flexibility index (Phi) is 7.71. The zero-order valence-electron chi connectivity index (χ0n) is 17.3. The summed E-state index contributed by atoms with van der Waals surface area (Å²) in [4.78, 5) is 12.7. The second kappa shape index (κ2) is 10.5. The number of rotatable bonds is 9. The van der Waals surface area contributed by atoms with E-state index < -0.39 is 28.3 Å². The average molecular weight is 477 g/mol. The van der Waals surface area contributed by atoms with Crippen LogP contribution in [0.3, 0.4) is 0 Å². The largest absolute Gasteiger partial charge is 0.494 e. The first kappa shape index (κ1) is 23.6. The van der Waals surface area contributed by atoms with E-state index in [1.54, 1.807) is 30.3 Å². The monoisotopic (exact) mass is 476 g/mol. The molecule has 3 rings (SSSR count). The van der Waals surface area contributed by atoms with Crippen LogP contribution < -0.4 is 14.4 Å². The van der Waals surface area contributed by atoms with Crippen molar-refractivity contribution >= 4 is 33.2 Å². The van der Waals surface area contributed by atoms with Crippen molar-refractivity contribution in [1.82, 2.24) is 5.32 Å². The molecular weight excluding hydrogens is 455 g/mol. The van der Waals surface area contributed by atoms with Gasteiger partial charge in [0, 0.05) is 6.54 Å². The van der Waals surface area contributed by atoms with Crippen molar-refractivity contribution in [3.05, 3.63) is 89.2 Å². The molecule has 0 saturated carbocycles. The van der Waals surface area contributed by atoms with E-state index in [4.69, 9.17) is 16.3 Å². The molecule has 0 fully saturated rings. The number of anilines is 1. The molecule has 0 aliphatic carbocycles. The second-order valence-corrected chi connectivity index (χ2v) is 9.05. The summed E-state index contributed by atoms with van der Waals surface area (Å²) in [5.74, 6) is -0.498. The van der Waals surface area contributed by atoms with Gasteiger partial charge in [0.1, 0.15) is 18.1 Å². The Morgan fingerprint density at radius 2 is 1.75 bits per heavy atom. The van der Waals surface area contributed by atoms with Gasteiger partial charge in [-0.05, 0) is 55.0 Å². The van der Waals surface area contributed by atoms with Gasteiger partial charge in [0.2, 0.25) is 5.91 Å². The van der Waals surface area contributed by atoms with E-state index >= 15 is 0 Å². The van der Waals surface area contributed by atoms with E-state index in [-0.39, 0.29) is 22.2 Å². The van der Waals surface area contributed by atoms with Crippen LogP contribution in [-0.2, 0) is 21.4 Å². The molecule has 0 aromatic heterocycles. The van der Waals surface area contributed by atoms with E-state index in [1.807, 2.05) is 19.1 Å². The summed E-state index contributed by atoms with van der Waals surface area (Å²) in [6.07, 6.45) is 0. The summed E-state index contributed by atoms with van der Waals surface area (Å²) in [5.41, 5.74) is 0.903. The Morgan fingerprint density at radius 3 is 2.38 bits per heavy atom. The minimum atomic E-state index is -4.10. The van der Waals surface area contributed by atoms with Crippen molar-refractivity contribution < 1.29 is 22.3 Å². The van der Waals surface area contributed by atoms with Gasteiger partial charge in [0.05, 0.1) is 22.2 Å². The van der Waals surface area contributed by atoms with Gasteiger partial charge in [0.15, 0.2) is 0 Å². The lowest BCUT2D eigenvalue weighted by atomic mass is 10.2. The predicted octanol–water partition coefficient (Wildman–Crippen LogP) is 4.39. The molecule has 0 radical (unpaired) electrons. The van der Waals surface area contributed by atoms with Gasteiger partial charge in [-0.15, -0.1) is 0 Å². The van der Waals surface area contributed by atoms with Gasteiger partial charge >= 0.3 is 0 Å². The Hall–Kier alpha value is -3.10. The van der Waals surface area contributed by atoms with Crippen molar-refractivity contribution in [1.29, 1.82) is 0 Å². The van der Waals surface area contributed by atoms with Crippen molar-refractivity contribution in [3.8, 4) is 5.75 Å². The molecule has 3 aromatic carbocycles. The van der Waals surface area contributed by atoms with Gasteiger partial charge < -0.3 is 10.1 Å². The Labute approximate surface area is 191 Å². The number of ether oxygens (including phenoxy) is 1. The number of carbonyl (C=O) groups excluding carboxylic acids is 1. The molecule has 0 bridgehead atoms. The highest BCUT2D eigenvalue weighted by atomic mass is 35.5. The molecule has 6 nitrogen and oxygen atoms in total. The maximum absolute atomic E-state index is 13.6. The molecule has 0 unspecified atom stereocenters. The molecule has 32 heavy (non-hydrogen) atoms. The van der Waals surface area contributed by atoms with Crippen LogP contribution in [0.25, 0.3) is 0 Å². The minimum Gasteiger partial charge on any atom is -0.494 e. The van der Waals surface area contributed by atoms with Gasteiger partial charge in [0.25, 0.3) is 10.0 Å². The van der Waals surface area contributed by atoms with Crippen LogP contribution in [0, 0.1) is 5.82 Å². The highest BCUT2D eigenvalue weighted by Gasteiger charge is 2.27. The molecule has 1 amide bonds. The molecule has 0 aliphatic rings. The smallest absolute Gasteiger partial charge is 0.264 e. The number of halogens is 2. The summed E-state index contributed by atoms with van der Waals surface area (Å²) in [6.45, 7) is 2.14. The van der Waals surface area contributed by atoms with Gasteiger partial charge in [-0.2, -0.15) is 0 Å². The maximum atomic E-state index is 13.6. The highest BCUT2D eigenvalue weighted by Crippen LogP contribution is 2.27. The molecule has 0 spiro atoms. The first-order chi connectivity index (χ1) is 15.3. The zero-order valence-corrected chi connectivity index (χ0v) is 18.9. The van der Waals surface area contributed by atoms with E-state index in [9.17, 15) is 17.6 Å². The maximum Gasteiger partial charge on any atom is 0.264 e. The fraction of sp³-hybridized carbons (Fsp3) is 0.174. The van der Waals surface area contributed by atoms with Crippen LogP contribution in [-0.4, -0.2) is 27.5 Å². The van der Waals surface area contributed by atoms with Crippen LogP contribution >= 0.6 is 11.6 Å². The summed E-state index contributed by atoms with van der Waals surface area (Å²) >= 11 is 5.86. The van der Waals surface area contributed by atoms with E-state index in [2.05, 4.69) is 5.32 Å². The summed E-state index contributed by atoms with van der Waals surface area (Å²) < 4.78 is 46.4. The number of hydrogen-bond acceptors (Lipinski definition) is 4. The molecule has 0 aliphatic heterocycles. The van der Waals surface area contributed by atoms with Crippen molar-refractivity contribution in [2.24, 2.45) is 0 Å². The first-order valence-electron chi connectivity index (χ1n) is 9.82. The normalized spacial score (nSPS) is 11.1. The SMILES string of the molecule is CCOc1ccc(CNC(=O)CN(c2ccc(F)c(Cl)c2)S(=O)(=O)c2ccccc2)cc1. The molecule has 1 N–H and O–H groups in total. The average Bonchev–Trinajstić information content (AvgIpc) is 2.79. The van der Waals surface area contributed by atoms with E-state index in [0.29, 0.717) is 6.61 Å². The van der Waals surface area contributed by atoms with Crippen LogP contribution in [0.4, 0.5) is 10.1 Å². The number of amides is 1. The van der Waals surface area contributed by atoms with Crippen molar-refractivity contribution in [3.63, 3.8) is 0 Å². The molecule has 0 saturated heterocycles. The molecule has 9 heteroatoms. The lowest BCUT2D eigenvalue weighted by Gasteiger charge is -2.24. The third-order valence-electron chi connectivity index (χ3n) is 4.53. The van der Waals surface area contributed by atoms with Gasteiger partial charge in [-0.1, -0.05) is 41.9 Å². The quantitative estimate of drug-likeness (QED) is 0.497. The van der Waals surface area contributed by atoms with Crippen LogP contribution in [0.1, 0.15) is 12.5 Å². The molecular formula is C23H22ClFN2O4S. The van der Waals surface area contributed by atoms with Gasteiger partial charge in [-0.25, -0.2) is 12.8 Å². The summed E-state index contributed by atoms with van der Waals surface area (Å²) in [6, 6.07) is 18.4. The molecule has 168 valence electrons.